The van der Waals surface area contributed by atoms with Gasteiger partial charge in [0.05, 0.1) is 19.7 Å². The van der Waals surface area contributed by atoms with Crippen molar-refractivity contribution in [1.29, 1.82) is 0 Å². The van der Waals surface area contributed by atoms with Crippen molar-refractivity contribution < 1.29 is 4.74 Å². The lowest BCUT2D eigenvalue weighted by atomic mass is 10.0. The summed E-state index contributed by atoms with van der Waals surface area (Å²) in [7, 11) is 1.72. The van der Waals surface area contributed by atoms with Gasteiger partial charge >= 0.3 is 0 Å². The molecular weight excluding hydrogens is 439 g/mol. The summed E-state index contributed by atoms with van der Waals surface area (Å²) in [6, 6.07) is 8.66. The lowest BCUT2D eigenvalue weighted by Crippen LogP contribution is -2.44. The molecular formula is C20H33IN4O. The molecule has 2 heterocycles. The Bertz CT molecular complexity index is 589. The van der Waals surface area contributed by atoms with Crippen molar-refractivity contribution in [1.82, 2.24) is 9.80 Å². The summed E-state index contributed by atoms with van der Waals surface area (Å²) in [6.07, 6.45) is 5.04. The molecule has 3 rings (SSSR count). The van der Waals surface area contributed by atoms with Crippen molar-refractivity contribution in [2.45, 2.75) is 38.6 Å². The van der Waals surface area contributed by atoms with Gasteiger partial charge in [-0.2, -0.15) is 0 Å². The van der Waals surface area contributed by atoms with Crippen LogP contribution in [0.4, 0.5) is 0 Å². The topological polar surface area (TPSA) is 54.1 Å². The fourth-order valence-corrected chi connectivity index (χ4v) is 4.01. The van der Waals surface area contributed by atoms with Gasteiger partial charge in [-0.1, -0.05) is 19.1 Å². The second-order valence-electron chi connectivity index (χ2n) is 7.43. The van der Waals surface area contributed by atoms with E-state index in [1.165, 1.54) is 31.2 Å². The van der Waals surface area contributed by atoms with Gasteiger partial charge in [0, 0.05) is 13.1 Å². The zero-order valence-electron chi connectivity index (χ0n) is 16.1. The van der Waals surface area contributed by atoms with Gasteiger partial charge in [-0.3, -0.25) is 9.89 Å². The molecule has 2 fully saturated rings. The first-order valence-electron chi connectivity index (χ1n) is 9.60. The summed E-state index contributed by atoms with van der Waals surface area (Å²) in [6.45, 7) is 7.35. The molecule has 0 radical (unpaired) electrons. The maximum Gasteiger partial charge on any atom is 0.191 e. The number of nitrogens with two attached hydrogens (primary N) is 1. The minimum atomic E-state index is 0. The predicted octanol–water partition coefficient (Wildman–Crippen LogP) is 3.50. The standard InChI is InChI=1S/C20H32N4O.HI/c1-16-7-6-12-24(15-16)20(21)22-14-19(23-10-3-4-11-23)17-8-5-9-18(13-17)25-2;/h5,8-9,13,16,19H,3-4,6-7,10-12,14-15H2,1-2H3,(H2,21,22);1H. The Morgan fingerprint density at radius 3 is 2.73 bits per heavy atom. The number of guanidine groups is 1. The molecule has 2 saturated heterocycles. The third-order valence-corrected chi connectivity index (χ3v) is 5.47. The van der Waals surface area contributed by atoms with Gasteiger partial charge in [0.2, 0.25) is 0 Å². The van der Waals surface area contributed by atoms with Crippen LogP contribution in [0.25, 0.3) is 0 Å². The largest absolute Gasteiger partial charge is 0.497 e. The van der Waals surface area contributed by atoms with Crippen LogP contribution in [0.15, 0.2) is 29.3 Å². The highest BCUT2D eigenvalue weighted by Gasteiger charge is 2.24. The van der Waals surface area contributed by atoms with E-state index in [1.54, 1.807) is 7.11 Å². The second kappa shape index (κ2) is 10.3. The molecule has 2 atom stereocenters. The molecule has 5 nitrogen and oxygen atoms in total. The summed E-state index contributed by atoms with van der Waals surface area (Å²) < 4.78 is 5.41. The van der Waals surface area contributed by atoms with Crippen LogP contribution in [-0.4, -0.2) is 55.6 Å². The number of likely N-dealkylation sites (tertiary alicyclic amines) is 2. The van der Waals surface area contributed by atoms with E-state index in [2.05, 4.69) is 34.9 Å². The number of halogens is 1. The molecule has 2 aliphatic heterocycles. The molecule has 0 saturated carbocycles. The minimum absolute atomic E-state index is 0. The van der Waals surface area contributed by atoms with Crippen LogP contribution in [0.3, 0.4) is 0 Å². The molecule has 1 aromatic carbocycles. The normalized spacial score (nSPS) is 22.8. The third kappa shape index (κ3) is 5.49. The maximum atomic E-state index is 6.32. The van der Waals surface area contributed by atoms with Crippen LogP contribution in [0.1, 0.15) is 44.2 Å². The number of aliphatic imine (C=N–C) groups is 1. The molecule has 0 amide bonds. The van der Waals surface area contributed by atoms with E-state index >= 15 is 0 Å². The lowest BCUT2D eigenvalue weighted by molar-refractivity contribution is 0.247. The van der Waals surface area contributed by atoms with Crippen molar-refractivity contribution in [2.75, 3.05) is 39.8 Å². The van der Waals surface area contributed by atoms with Crippen molar-refractivity contribution in [2.24, 2.45) is 16.6 Å². The number of hydrogen-bond acceptors (Lipinski definition) is 3. The molecule has 6 heteroatoms. The van der Waals surface area contributed by atoms with Gasteiger partial charge in [0.25, 0.3) is 0 Å². The van der Waals surface area contributed by atoms with Crippen LogP contribution in [0, 0.1) is 5.92 Å². The van der Waals surface area contributed by atoms with Gasteiger partial charge in [-0.15, -0.1) is 24.0 Å². The summed E-state index contributed by atoms with van der Waals surface area (Å²) in [4.78, 5) is 9.58. The predicted molar refractivity (Wildman–Crippen MR) is 118 cm³/mol. The fraction of sp³-hybridized carbons (Fsp3) is 0.650. The monoisotopic (exact) mass is 472 g/mol. The quantitative estimate of drug-likeness (QED) is 0.405. The zero-order chi connectivity index (χ0) is 17.6. The number of nitrogens with zero attached hydrogens (tertiary/aromatic N) is 3. The average molecular weight is 472 g/mol. The van der Waals surface area contributed by atoms with Gasteiger partial charge in [0.1, 0.15) is 5.75 Å². The van der Waals surface area contributed by atoms with Crippen molar-refractivity contribution in [3.8, 4) is 5.75 Å². The molecule has 0 spiro atoms. The summed E-state index contributed by atoms with van der Waals surface area (Å²) in [5.74, 6) is 2.32. The first-order valence-corrected chi connectivity index (χ1v) is 9.60. The second-order valence-corrected chi connectivity index (χ2v) is 7.43. The highest BCUT2D eigenvalue weighted by molar-refractivity contribution is 14.0. The Labute approximate surface area is 175 Å². The summed E-state index contributed by atoms with van der Waals surface area (Å²) in [5.41, 5.74) is 7.59. The Balaban J connectivity index is 0.00000243. The number of rotatable bonds is 5. The third-order valence-electron chi connectivity index (χ3n) is 5.47. The lowest BCUT2D eigenvalue weighted by Gasteiger charge is -2.32. The molecule has 0 bridgehead atoms. The molecule has 1 aromatic rings. The minimum Gasteiger partial charge on any atom is -0.497 e. The van der Waals surface area contributed by atoms with Gasteiger partial charge < -0.3 is 15.4 Å². The van der Waals surface area contributed by atoms with Crippen molar-refractivity contribution in [3.63, 3.8) is 0 Å². The zero-order valence-corrected chi connectivity index (χ0v) is 18.4. The molecule has 26 heavy (non-hydrogen) atoms. The van der Waals surface area contributed by atoms with Gasteiger partial charge in [-0.05, 0) is 62.4 Å². The number of hydrogen-bond donors (Lipinski definition) is 1. The average Bonchev–Trinajstić information content (AvgIpc) is 3.16. The molecule has 0 aliphatic carbocycles. The van der Waals surface area contributed by atoms with E-state index in [0.717, 1.165) is 31.9 Å². The smallest absolute Gasteiger partial charge is 0.191 e. The maximum absolute atomic E-state index is 6.32. The number of benzene rings is 1. The summed E-state index contributed by atoms with van der Waals surface area (Å²) >= 11 is 0. The molecule has 2 aliphatic rings. The highest BCUT2D eigenvalue weighted by atomic mass is 127. The molecule has 0 aromatic heterocycles. The Morgan fingerprint density at radius 1 is 1.27 bits per heavy atom. The molecule has 2 N–H and O–H groups in total. The van der Waals surface area contributed by atoms with E-state index in [0.29, 0.717) is 18.4 Å². The van der Waals surface area contributed by atoms with E-state index in [9.17, 15) is 0 Å². The number of ether oxygens (including phenoxy) is 1. The Kier molecular flexibility index (Phi) is 8.47. The van der Waals surface area contributed by atoms with E-state index in [4.69, 9.17) is 15.5 Å². The number of piperidine rings is 1. The first kappa shape index (κ1) is 21.3. The highest BCUT2D eigenvalue weighted by Crippen LogP contribution is 2.28. The van der Waals surface area contributed by atoms with Crippen LogP contribution in [-0.2, 0) is 0 Å². The van der Waals surface area contributed by atoms with E-state index in [-0.39, 0.29) is 30.0 Å². The number of methoxy groups -OCH3 is 1. The van der Waals surface area contributed by atoms with Crippen LogP contribution in [0.5, 0.6) is 5.75 Å². The van der Waals surface area contributed by atoms with Gasteiger partial charge in [0.15, 0.2) is 5.96 Å². The van der Waals surface area contributed by atoms with Crippen LogP contribution >= 0.6 is 24.0 Å². The van der Waals surface area contributed by atoms with Gasteiger partial charge in [-0.25, -0.2) is 0 Å². The SMILES string of the molecule is COc1cccc(C(CN=C(N)N2CCCC(C)C2)N2CCCC2)c1.I. The first-order chi connectivity index (χ1) is 12.2. The van der Waals surface area contributed by atoms with Crippen molar-refractivity contribution in [3.05, 3.63) is 29.8 Å². The molecule has 2 unspecified atom stereocenters. The molecule has 146 valence electrons. The van der Waals surface area contributed by atoms with E-state index in [1.807, 2.05) is 6.07 Å². The fourth-order valence-electron chi connectivity index (χ4n) is 4.01. The summed E-state index contributed by atoms with van der Waals surface area (Å²) in [5, 5.41) is 0. The van der Waals surface area contributed by atoms with Crippen LogP contribution in [0.2, 0.25) is 0 Å². The Morgan fingerprint density at radius 2 is 2.04 bits per heavy atom. The van der Waals surface area contributed by atoms with Crippen molar-refractivity contribution >= 4 is 29.9 Å². The van der Waals surface area contributed by atoms with E-state index < -0.39 is 0 Å². The van der Waals surface area contributed by atoms with Crippen LogP contribution < -0.4 is 10.5 Å². The Hall–Kier alpha value is -1.02.